The van der Waals surface area contributed by atoms with Crippen molar-refractivity contribution in [2.45, 2.75) is 45.4 Å². The summed E-state index contributed by atoms with van der Waals surface area (Å²) in [5, 5.41) is 10.5. The van der Waals surface area contributed by atoms with Crippen LogP contribution in [-0.2, 0) is 17.6 Å². The number of hydrogen-bond donors (Lipinski definition) is 1. The van der Waals surface area contributed by atoms with Gasteiger partial charge in [0.05, 0.1) is 11.3 Å². The monoisotopic (exact) mass is 331 g/mol. The van der Waals surface area contributed by atoms with Crippen molar-refractivity contribution in [3.8, 4) is 0 Å². The van der Waals surface area contributed by atoms with E-state index < -0.39 is 5.97 Å². The minimum Gasteiger partial charge on any atom is -0.481 e. The number of rotatable bonds is 2. The largest absolute Gasteiger partial charge is 0.481 e. The molecule has 1 N–H and O–H groups in total. The molecule has 1 fully saturated rings. The zero-order valence-corrected chi connectivity index (χ0v) is 14.2. The summed E-state index contributed by atoms with van der Waals surface area (Å²) < 4.78 is 0. The van der Waals surface area contributed by atoms with Gasteiger partial charge < -0.3 is 10.0 Å². The lowest BCUT2D eigenvalue weighted by Crippen LogP contribution is -2.24. The second kappa shape index (κ2) is 5.74. The van der Waals surface area contributed by atoms with Crippen LogP contribution in [0.25, 0.3) is 10.2 Å². The van der Waals surface area contributed by atoms with Gasteiger partial charge in [-0.3, -0.25) is 4.79 Å². The summed E-state index contributed by atoms with van der Waals surface area (Å²) in [4.78, 5) is 25.4. The number of anilines is 1. The van der Waals surface area contributed by atoms with E-state index >= 15 is 0 Å². The molecule has 2 aromatic heterocycles. The quantitative estimate of drug-likeness (QED) is 0.856. The SMILES string of the molecule is Cc1nc(N2CCC(C(=O)O)C2)c2c3c(sc2n1)CCCCC3. The molecule has 0 radical (unpaired) electrons. The first-order valence-corrected chi connectivity index (χ1v) is 9.22. The highest BCUT2D eigenvalue weighted by molar-refractivity contribution is 7.19. The molecule has 23 heavy (non-hydrogen) atoms. The van der Waals surface area contributed by atoms with Crippen molar-refractivity contribution in [2.24, 2.45) is 5.92 Å². The van der Waals surface area contributed by atoms with Crippen LogP contribution >= 0.6 is 11.3 Å². The van der Waals surface area contributed by atoms with Crippen LogP contribution in [0.2, 0.25) is 0 Å². The van der Waals surface area contributed by atoms with Crippen LogP contribution in [0, 0.1) is 12.8 Å². The average molecular weight is 331 g/mol. The molecule has 0 spiro atoms. The molecular formula is C17H21N3O2S. The number of aliphatic carboxylic acids is 1. The van der Waals surface area contributed by atoms with Crippen molar-refractivity contribution in [2.75, 3.05) is 18.0 Å². The Morgan fingerprint density at radius 1 is 1.26 bits per heavy atom. The fraction of sp³-hybridized carbons (Fsp3) is 0.588. The highest BCUT2D eigenvalue weighted by atomic mass is 32.1. The van der Waals surface area contributed by atoms with Crippen LogP contribution in [0.3, 0.4) is 0 Å². The normalized spacial score (nSPS) is 21.4. The number of nitrogens with zero attached hydrogens (tertiary/aromatic N) is 3. The summed E-state index contributed by atoms with van der Waals surface area (Å²) in [5.41, 5.74) is 1.43. The van der Waals surface area contributed by atoms with Crippen LogP contribution in [0.4, 0.5) is 5.82 Å². The van der Waals surface area contributed by atoms with Gasteiger partial charge >= 0.3 is 5.97 Å². The number of aryl methyl sites for hydroxylation is 3. The minimum absolute atomic E-state index is 0.280. The van der Waals surface area contributed by atoms with Crippen LogP contribution < -0.4 is 4.90 Å². The number of aromatic nitrogens is 2. The molecule has 2 aliphatic rings. The third kappa shape index (κ3) is 2.59. The fourth-order valence-corrected chi connectivity index (χ4v) is 5.10. The Kier molecular flexibility index (Phi) is 3.71. The molecule has 1 aliphatic heterocycles. The summed E-state index contributed by atoms with van der Waals surface area (Å²) in [6.07, 6.45) is 6.72. The van der Waals surface area contributed by atoms with Crippen LogP contribution in [0.1, 0.15) is 41.9 Å². The summed E-state index contributed by atoms with van der Waals surface area (Å²) in [6.45, 7) is 3.26. The Hall–Kier alpha value is -1.69. The molecule has 4 rings (SSSR count). The van der Waals surface area contributed by atoms with E-state index in [4.69, 9.17) is 4.98 Å². The highest BCUT2D eigenvalue weighted by Crippen LogP contribution is 2.40. The van der Waals surface area contributed by atoms with Crippen molar-refractivity contribution in [3.05, 3.63) is 16.3 Å². The van der Waals surface area contributed by atoms with E-state index in [9.17, 15) is 9.90 Å². The Balaban J connectivity index is 1.82. The molecule has 1 aliphatic carbocycles. The first-order valence-electron chi connectivity index (χ1n) is 8.40. The minimum atomic E-state index is -0.696. The predicted molar refractivity (Wildman–Crippen MR) is 91.4 cm³/mol. The lowest BCUT2D eigenvalue weighted by atomic mass is 10.1. The molecule has 0 saturated carbocycles. The number of carboxylic acid groups (broad SMARTS) is 1. The molecule has 6 heteroatoms. The van der Waals surface area contributed by atoms with E-state index in [2.05, 4.69) is 9.88 Å². The molecule has 122 valence electrons. The molecule has 1 unspecified atom stereocenters. The predicted octanol–water partition coefficient (Wildman–Crippen LogP) is 3.18. The van der Waals surface area contributed by atoms with Gasteiger partial charge in [0, 0.05) is 18.0 Å². The maximum absolute atomic E-state index is 11.3. The van der Waals surface area contributed by atoms with Crippen molar-refractivity contribution in [3.63, 3.8) is 0 Å². The Morgan fingerprint density at radius 3 is 2.87 bits per heavy atom. The lowest BCUT2D eigenvalue weighted by Gasteiger charge is -2.19. The van der Waals surface area contributed by atoms with E-state index in [0.717, 1.165) is 35.9 Å². The van der Waals surface area contributed by atoms with Crippen LogP contribution in [-0.4, -0.2) is 34.1 Å². The molecule has 0 amide bonds. The number of hydrogen-bond acceptors (Lipinski definition) is 5. The molecule has 3 heterocycles. The van der Waals surface area contributed by atoms with Crippen molar-refractivity contribution in [1.29, 1.82) is 0 Å². The average Bonchev–Trinajstić information content (AvgIpc) is 3.06. The van der Waals surface area contributed by atoms with E-state index in [1.54, 1.807) is 0 Å². The maximum Gasteiger partial charge on any atom is 0.308 e. The molecule has 0 bridgehead atoms. The maximum atomic E-state index is 11.3. The van der Waals surface area contributed by atoms with E-state index in [-0.39, 0.29) is 5.92 Å². The number of fused-ring (bicyclic) bond motifs is 3. The van der Waals surface area contributed by atoms with Gasteiger partial charge in [-0.15, -0.1) is 11.3 Å². The van der Waals surface area contributed by atoms with Gasteiger partial charge in [0.15, 0.2) is 0 Å². The Labute approximate surface area is 139 Å². The molecule has 2 aromatic rings. The van der Waals surface area contributed by atoms with Crippen molar-refractivity contribution in [1.82, 2.24) is 9.97 Å². The van der Waals surface area contributed by atoms with Crippen LogP contribution in [0.5, 0.6) is 0 Å². The fourth-order valence-electron chi connectivity index (χ4n) is 3.80. The molecule has 1 saturated heterocycles. The highest BCUT2D eigenvalue weighted by Gasteiger charge is 2.31. The number of carboxylic acids is 1. The standard InChI is InChI=1S/C17H21N3O2S/c1-10-18-15(20-8-7-11(9-20)17(21)22)14-12-5-3-2-4-6-13(12)23-16(14)19-10/h11H,2-9H2,1H3,(H,21,22). The first-order chi connectivity index (χ1) is 11.1. The number of carbonyl (C=O) groups is 1. The summed E-state index contributed by atoms with van der Waals surface area (Å²) in [6, 6.07) is 0. The van der Waals surface area contributed by atoms with Crippen molar-refractivity contribution >= 4 is 33.3 Å². The third-order valence-electron chi connectivity index (χ3n) is 4.99. The van der Waals surface area contributed by atoms with Gasteiger partial charge in [-0.2, -0.15) is 0 Å². The first kappa shape index (κ1) is 14.9. The summed E-state index contributed by atoms with van der Waals surface area (Å²) >= 11 is 1.81. The molecule has 0 aromatic carbocycles. The zero-order chi connectivity index (χ0) is 16.0. The Bertz CT molecular complexity index is 771. The number of thiophene rings is 1. The lowest BCUT2D eigenvalue weighted by molar-refractivity contribution is -0.140. The van der Waals surface area contributed by atoms with E-state index in [1.807, 2.05) is 18.3 Å². The molecule has 5 nitrogen and oxygen atoms in total. The second-order valence-corrected chi connectivity index (χ2v) is 7.69. The Morgan fingerprint density at radius 2 is 2.09 bits per heavy atom. The third-order valence-corrected chi connectivity index (χ3v) is 6.18. The molecular weight excluding hydrogens is 310 g/mol. The summed E-state index contributed by atoms with van der Waals surface area (Å²) in [5.74, 6) is 0.773. The van der Waals surface area contributed by atoms with Gasteiger partial charge in [-0.25, -0.2) is 9.97 Å². The van der Waals surface area contributed by atoms with Gasteiger partial charge in [0.1, 0.15) is 16.5 Å². The van der Waals surface area contributed by atoms with Gasteiger partial charge in [0.25, 0.3) is 0 Å². The topological polar surface area (TPSA) is 66.3 Å². The zero-order valence-electron chi connectivity index (χ0n) is 13.3. The van der Waals surface area contributed by atoms with E-state index in [1.165, 1.54) is 35.1 Å². The van der Waals surface area contributed by atoms with E-state index in [0.29, 0.717) is 13.0 Å². The smallest absolute Gasteiger partial charge is 0.308 e. The second-order valence-electron chi connectivity index (χ2n) is 6.61. The van der Waals surface area contributed by atoms with Crippen molar-refractivity contribution < 1.29 is 9.90 Å². The van der Waals surface area contributed by atoms with Gasteiger partial charge in [-0.05, 0) is 44.6 Å². The van der Waals surface area contributed by atoms with Crippen LogP contribution in [0.15, 0.2) is 0 Å². The molecule has 1 atom stereocenters. The van der Waals surface area contributed by atoms with Gasteiger partial charge in [-0.1, -0.05) is 6.42 Å². The van der Waals surface area contributed by atoms with Gasteiger partial charge in [0.2, 0.25) is 0 Å². The summed E-state index contributed by atoms with van der Waals surface area (Å²) in [7, 11) is 0.